The van der Waals surface area contributed by atoms with E-state index in [0.717, 1.165) is 25.4 Å². The zero-order valence-corrected chi connectivity index (χ0v) is 15.4. The van der Waals surface area contributed by atoms with Crippen molar-refractivity contribution in [1.29, 1.82) is 0 Å². The van der Waals surface area contributed by atoms with Crippen molar-refractivity contribution in [3.8, 4) is 0 Å². The summed E-state index contributed by atoms with van der Waals surface area (Å²) in [7, 11) is 1.88. The van der Waals surface area contributed by atoms with Crippen molar-refractivity contribution in [2.75, 3.05) is 12.4 Å². The van der Waals surface area contributed by atoms with Gasteiger partial charge in [-0.05, 0) is 49.4 Å². The minimum absolute atomic E-state index is 0.0603. The molecule has 0 aromatic heterocycles. The lowest BCUT2D eigenvalue weighted by Gasteiger charge is -2.37. The zero-order valence-electron chi connectivity index (χ0n) is 13.8. The average molecular weight is 339 g/mol. The van der Waals surface area contributed by atoms with E-state index in [2.05, 4.69) is 27.7 Å². The second kappa shape index (κ2) is 8.73. The maximum absolute atomic E-state index is 10.9. The van der Waals surface area contributed by atoms with Crippen LogP contribution in [0.15, 0.2) is 0 Å². The van der Waals surface area contributed by atoms with E-state index in [-0.39, 0.29) is 5.75 Å². The van der Waals surface area contributed by atoms with Gasteiger partial charge in [0, 0.05) is 17.3 Å². The Hall–Kier alpha value is 0.200. The largest absolute Gasteiger partial charge is 0.378 e. The number of hydrogen-bond acceptors (Lipinski definition) is 3. The first-order valence-electron chi connectivity index (χ1n) is 8.23. The van der Waals surface area contributed by atoms with Crippen LogP contribution in [0.5, 0.6) is 0 Å². The highest BCUT2D eigenvalue weighted by Gasteiger charge is 2.31. The second-order valence-electron chi connectivity index (χ2n) is 7.16. The molecule has 0 radical (unpaired) electrons. The van der Waals surface area contributed by atoms with Crippen LogP contribution in [0.1, 0.15) is 59.8 Å². The van der Waals surface area contributed by atoms with E-state index in [1.54, 1.807) is 0 Å². The summed E-state index contributed by atoms with van der Waals surface area (Å²) >= 11 is 0. The van der Waals surface area contributed by atoms with Crippen LogP contribution in [-0.2, 0) is 13.8 Å². The van der Waals surface area contributed by atoms with Gasteiger partial charge in [-0.3, -0.25) is 0 Å². The molecule has 4 unspecified atom stereocenters. The quantitative estimate of drug-likeness (QED) is 0.614. The number of ether oxygens (including phenoxy) is 1. The molecule has 0 saturated heterocycles. The SMILES string of the molecule is CC(CCOC1CC(C)CCC1C(C)C)CCS(=O)(=O)Cl. The van der Waals surface area contributed by atoms with E-state index in [1.165, 1.54) is 12.8 Å². The molecule has 3 nitrogen and oxygen atoms in total. The predicted molar refractivity (Wildman–Crippen MR) is 89.1 cm³/mol. The van der Waals surface area contributed by atoms with Crippen LogP contribution in [0.3, 0.4) is 0 Å². The first-order chi connectivity index (χ1) is 9.69. The van der Waals surface area contributed by atoms with Crippen LogP contribution < -0.4 is 0 Å². The third-order valence-corrected chi connectivity index (χ3v) is 5.94. The molecule has 0 N–H and O–H groups in total. The molecule has 1 saturated carbocycles. The van der Waals surface area contributed by atoms with E-state index in [4.69, 9.17) is 15.4 Å². The minimum Gasteiger partial charge on any atom is -0.378 e. The molecule has 0 aromatic carbocycles. The number of rotatable bonds is 8. The van der Waals surface area contributed by atoms with Gasteiger partial charge >= 0.3 is 0 Å². The molecule has 0 bridgehead atoms. The lowest BCUT2D eigenvalue weighted by molar-refractivity contribution is -0.0419. The fraction of sp³-hybridized carbons (Fsp3) is 1.00. The van der Waals surface area contributed by atoms with Gasteiger partial charge in [0.1, 0.15) is 0 Å². The van der Waals surface area contributed by atoms with Crippen LogP contribution >= 0.6 is 10.7 Å². The molecule has 1 fully saturated rings. The van der Waals surface area contributed by atoms with Gasteiger partial charge in [-0.15, -0.1) is 0 Å². The van der Waals surface area contributed by atoms with Crippen molar-refractivity contribution in [3.05, 3.63) is 0 Å². The van der Waals surface area contributed by atoms with Crippen molar-refractivity contribution in [3.63, 3.8) is 0 Å². The molecular formula is C16H31ClO3S. The summed E-state index contributed by atoms with van der Waals surface area (Å²) in [4.78, 5) is 0. The third-order valence-electron chi connectivity index (χ3n) is 4.76. The Balaban J connectivity index is 2.32. The summed E-state index contributed by atoms with van der Waals surface area (Å²) < 4.78 is 28.0. The molecule has 0 aliphatic heterocycles. The van der Waals surface area contributed by atoms with Crippen molar-refractivity contribution >= 4 is 19.7 Å². The summed E-state index contributed by atoms with van der Waals surface area (Å²) in [6.45, 7) is 9.66. The van der Waals surface area contributed by atoms with E-state index in [1.807, 2.05) is 0 Å². The van der Waals surface area contributed by atoms with Gasteiger partial charge in [0.15, 0.2) is 0 Å². The van der Waals surface area contributed by atoms with Gasteiger partial charge < -0.3 is 4.74 Å². The summed E-state index contributed by atoms with van der Waals surface area (Å²) in [6.07, 6.45) is 5.63. The Morgan fingerprint density at radius 3 is 2.43 bits per heavy atom. The highest BCUT2D eigenvalue weighted by atomic mass is 35.7. The zero-order chi connectivity index (χ0) is 16.0. The fourth-order valence-electron chi connectivity index (χ4n) is 3.21. The maximum atomic E-state index is 10.9. The third kappa shape index (κ3) is 7.85. The Morgan fingerprint density at radius 2 is 1.86 bits per heavy atom. The topological polar surface area (TPSA) is 43.4 Å². The van der Waals surface area contributed by atoms with Crippen LogP contribution in [-0.4, -0.2) is 26.9 Å². The van der Waals surface area contributed by atoms with Crippen LogP contribution in [0.2, 0.25) is 0 Å². The highest BCUT2D eigenvalue weighted by molar-refractivity contribution is 8.13. The van der Waals surface area contributed by atoms with E-state index >= 15 is 0 Å². The van der Waals surface area contributed by atoms with Gasteiger partial charge in [0.25, 0.3) is 0 Å². The Bertz CT molecular complexity index is 394. The first kappa shape index (κ1) is 19.2. The molecule has 0 spiro atoms. The smallest absolute Gasteiger partial charge is 0.232 e. The lowest BCUT2D eigenvalue weighted by atomic mass is 9.75. The minimum atomic E-state index is -3.36. The molecule has 0 aromatic rings. The average Bonchev–Trinajstić information content (AvgIpc) is 2.35. The number of hydrogen-bond donors (Lipinski definition) is 0. The standard InChI is InChI=1S/C16H31ClO3S/c1-12(2)15-6-5-14(4)11-16(15)20-9-7-13(3)8-10-21(17,18)19/h12-16H,5-11H2,1-4H3. The monoisotopic (exact) mass is 338 g/mol. The van der Waals surface area contributed by atoms with Crippen molar-refractivity contribution in [1.82, 2.24) is 0 Å². The van der Waals surface area contributed by atoms with Crippen molar-refractivity contribution in [2.24, 2.45) is 23.7 Å². The van der Waals surface area contributed by atoms with Gasteiger partial charge in [0.2, 0.25) is 9.05 Å². The molecule has 1 aliphatic rings. The van der Waals surface area contributed by atoms with E-state index in [0.29, 0.717) is 30.3 Å². The van der Waals surface area contributed by atoms with Gasteiger partial charge in [0.05, 0.1) is 11.9 Å². The lowest BCUT2D eigenvalue weighted by Crippen LogP contribution is -2.34. The Kier molecular flexibility index (Phi) is 8.00. The van der Waals surface area contributed by atoms with Crippen LogP contribution in [0, 0.1) is 23.7 Å². The fourth-order valence-corrected chi connectivity index (χ4v) is 4.16. The van der Waals surface area contributed by atoms with Crippen molar-refractivity contribution < 1.29 is 13.2 Å². The molecule has 4 atom stereocenters. The van der Waals surface area contributed by atoms with Crippen LogP contribution in [0.25, 0.3) is 0 Å². The highest BCUT2D eigenvalue weighted by Crippen LogP contribution is 2.35. The Labute approximate surface area is 135 Å². The molecule has 0 heterocycles. The first-order valence-corrected chi connectivity index (χ1v) is 10.7. The maximum Gasteiger partial charge on any atom is 0.232 e. The number of halogens is 1. The van der Waals surface area contributed by atoms with Gasteiger partial charge in [-0.25, -0.2) is 8.42 Å². The molecule has 5 heteroatoms. The summed E-state index contributed by atoms with van der Waals surface area (Å²) in [5.74, 6) is 2.48. The van der Waals surface area contributed by atoms with E-state index in [9.17, 15) is 8.42 Å². The molecule has 126 valence electrons. The van der Waals surface area contributed by atoms with E-state index < -0.39 is 9.05 Å². The summed E-state index contributed by atoms with van der Waals surface area (Å²) in [5, 5.41) is 0. The molecule has 21 heavy (non-hydrogen) atoms. The summed E-state index contributed by atoms with van der Waals surface area (Å²) in [5.41, 5.74) is 0. The van der Waals surface area contributed by atoms with Crippen molar-refractivity contribution in [2.45, 2.75) is 65.9 Å². The molecule has 1 aliphatic carbocycles. The second-order valence-corrected chi connectivity index (χ2v) is 10.1. The molecule has 0 amide bonds. The Morgan fingerprint density at radius 1 is 1.19 bits per heavy atom. The normalized spacial score (nSPS) is 28.8. The van der Waals surface area contributed by atoms with Gasteiger partial charge in [-0.2, -0.15) is 0 Å². The summed E-state index contributed by atoms with van der Waals surface area (Å²) in [6, 6.07) is 0. The van der Waals surface area contributed by atoms with Gasteiger partial charge in [-0.1, -0.05) is 34.1 Å². The molecule has 1 rings (SSSR count). The molecular weight excluding hydrogens is 308 g/mol. The predicted octanol–water partition coefficient (Wildman–Crippen LogP) is 4.45. The van der Waals surface area contributed by atoms with Crippen LogP contribution in [0.4, 0.5) is 0 Å².